The molecular formula is C24H29NO6. The summed E-state index contributed by atoms with van der Waals surface area (Å²) in [5, 5.41) is 2.76. The molecule has 0 bridgehead atoms. The molecule has 0 atom stereocenters. The number of benzene rings is 2. The predicted molar refractivity (Wildman–Crippen MR) is 118 cm³/mol. The molecule has 1 amide bonds. The number of carbonyl (C=O) groups is 3. The molecule has 0 aliphatic heterocycles. The quantitative estimate of drug-likeness (QED) is 0.630. The molecule has 7 nitrogen and oxygen atoms in total. The molecule has 0 unspecified atom stereocenters. The molecule has 166 valence electrons. The molecule has 0 saturated heterocycles. The van der Waals surface area contributed by atoms with Crippen molar-refractivity contribution in [2.24, 2.45) is 0 Å². The molecule has 0 radical (unpaired) electrons. The zero-order valence-corrected chi connectivity index (χ0v) is 18.6. The molecule has 31 heavy (non-hydrogen) atoms. The van der Waals surface area contributed by atoms with Crippen LogP contribution in [0.15, 0.2) is 42.5 Å². The average molecular weight is 427 g/mol. The van der Waals surface area contributed by atoms with Gasteiger partial charge in [0.1, 0.15) is 5.75 Å². The first-order valence-electron chi connectivity index (χ1n) is 10.2. The van der Waals surface area contributed by atoms with Gasteiger partial charge in [0.05, 0.1) is 24.3 Å². The van der Waals surface area contributed by atoms with Crippen LogP contribution in [0.3, 0.4) is 0 Å². The number of esters is 2. The summed E-state index contributed by atoms with van der Waals surface area (Å²) >= 11 is 0. The summed E-state index contributed by atoms with van der Waals surface area (Å²) in [5.41, 5.74) is 2.10. The van der Waals surface area contributed by atoms with Gasteiger partial charge in [0.25, 0.3) is 5.91 Å². The SMILES string of the molecule is CCOC(=O)c1cc(OCC(=O)Nc2ccc(C(C)(C)C)cc2)cc(C(=O)OCC)c1. The standard InChI is InChI=1S/C24H29NO6/c1-6-29-22(27)16-12-17(23(28)30-7-2)14-20(13-16)31-15-21(26)25-19-10-8-18(9-11-19)24(3,4)5/h8-14H,6-7,15H2,1-5H3,(H,25,26). The highest BCUT2D eigenvalue weighted by atomic mass is 16.5. The lowest BCUT2D eigenvalue weighted by atomic mass is 9.87. The zero-order valence-electron chi connectivity index (χ0n) is 18.6. The van der Waals surface area contributed by atoms with Gasteiger partial charge in [-0.2, -0.15) is 0 Å². The van der Waals surface area contributed by atoms with Crippen molar-refractivity contribution >= 4 is 23.5 Å². The molecule has 2 aromatic carbocycles. The van der Waals surface area contributed by atoms with E-state index < -0.39 is 11.9 Å². The van der Waals surface area contributed by atoms with Crippen molar-refractivity contribution in [2.45, 2.75) is 40.0 Å². The second-order valence-corrected chi connectivity index (χ2v) is 7.85. The fourth-order valence-corrected chi connectivity index (χ4v) is 2.75. The Kier molecular flexibility index (Phi) is 8.19. The Morgan fingerprint density at radius 1 is 0.839 bits per heavy atom. The Labute approximate surface area is 182 Å². The van der Waals surface area contributed by atoms with E-state index in [1.165, 1.54) is 18.2 Å². The summed E-state index contributed by atoms with van der Waals surface area (Å²) in [6.07, 6.45) is 0. The van der Waals surface area contributed by atoms with E-state index in [9.17, 15) is 14.4 Å². The Bertz CT molecular complexity index is 892. The Morgan fingerprint density at radius 3 is 1.81 bits per heavy atom. The number of ether oxygens (including phenoxy) is 3. The van der Waals surface area contributed by atoms with Gasteiger partial charge in [-0.05, 0) is 55.2 Å². The zero-order chi connectivity index (χ0) is 23.0. The Morgan fingerprint density at radius 2 is 1.35 bits per heavy atom. The summed E-state index contributed by atoms with van der Waals surface area (Å²) < 4.78 is 15.5. The number of amides is 1. The van der Waals surface area contributed by atoms with Gasteiger partial charge in [0.15, 0.2) is 6.61 Å². The molecule has 0 heterocycles. The van der Waals surface area contributed by atoms with E-state index in [4.69, 9.17) is 14.2 Å². The number of hydrogen-bond donors (Lipinski definition) is 1. The molecule has 0 aliphatic carbocycles. The highest BCUT2D eigenvalue weighted by molar-refractivity contribution is 5.96. The van der Waals surface area contributed by atoms with E-state index >= 15 is 0 Å². The molecule has 0 aliphatic rings. The van der Waals surface area contributed by atoms with Crippen LogP contribution in [0.1, 0.15) is 60.9 Å². The van der Waals surface area contributed by atoms with Crippen LogP contribution < -0.4 is 10.1 Å². The lowest BCUT2D eigenvalue weighted by Crippen LogP contribution is -2.20. The van der Waals surface area contributed by atoms with Crippen LogP contribution in [0.4, 0.5) is 5.69 Å². The number of hydrogen-bond acceptors (Lipinski definition) is 6. The smallest absolute Gasteiger partial charge is 0.338 e. The Balaban J connectivity index is 2.09. The van der Waals surface area contributed by atoms with Crippen molar-refractivity contribution < 1.29 is 28.6 Å². The fourth-order valence-electron chi connectivity index (χ4n) is 2.75. The predicted octanol–water partition coefficient (Wildman–Crippen LogP) is 4.36. The molecule has 7 heteroatoms. The normalized spacial score (nSPS) is 10.9. The van der Waals surface area contributed by atoms with Crippen LogP contribution in [-0.4, -0.2) is 37.7 Å². The van der Waals surface area contributed by atoms with Crippen molar-refractivity contribution in [3.05, 3.63) is 59.2 Å². The van der Waals surface area contributed by atoms with E-state index in [0.29, 0.717) is 5.69 Å². The van der Waals surface area contributed by atoms with Crippen molar-refractivity contribution in [1.29, 1.82) is 0 Å². The molecule has 0 fully saturated rings. The third-order valence-corrected chi connectivity index (χ3v) is 4.33. The molecule has 2 aromatic rings. The van der Waals surface area contributed by atoms with Crippen molar-refractivity contribution in [3.8, 4) is 5.75 Å². The minimum absolute atomic E-state index is 0.0201. The first-order valence-corrected chi connectivity index (χ1v) is 10.2. The maximum atomic E-state index is 12.3. The van der Waals surface area contributed by atoms with Gasteiger partial charge in [-0.1, -0.05) is 32.9 Å². The lowest BCUT2D eigenvalue weighted by Gasteiger charge is -2.19. The Hall–Kier alpha value is -3.35. The van der Waals surface area contributed by atoms with E-state index in [1.54, 1.807) is 13.8 Å². The lowest BCUT2D eigenvalue weighted by molar-refractivity contribution is -0.118. The topological polar surface area (TPSA) is 90.9 Å². The van der Waals surface area contributed by atoms with Crippen molar-refractivity contribution in [3.63, 3.8) is 0 Å². The summed E-state index contributed by atoms with van der Waals surface area (Å²) in [7, 11) is 0. The summed E-state index contributed by atoms with van der Waals surface area (Å²) in [6, 6.07) is 11.8. The molecule has 2 rings (SSSR count). The summed E-state index contributed by atoms with van der Waals surface area (Å²) in [6.45, 7) is 9.79. The first kappa shape index (κ1) is 23.9. The molecular weight excluding hydrogens is 398 g/mol. The molecule has 0 spiro atoms. The number of nitrogens with one attached hydrogen (secondary N) is 1. The van der Waals surface area contributed by atoms with Gasteiger partial charge in [0, 0.05) is 5.69 Å². The minimum Gasteiger partial charge on any atom is -0.484 e. The third-order valence-electron chi connectivity index (χ3n) is 4.33. The highest BCUT2D eigenvalue weighted by Gasteiger charge is 2.16. The summed E-state index contributed by atoms with van der Waals surface area (Å²) in [4.78, 5) is 36.5. The number of carbonyl (C=O) groups excluding carboxylic acids is 3. The van der Waals surface area contributed by atoms with Crippen LogP contribution in [0.25, 0.3) is 0 Å². The van der Waals surface area contributed by atoms with E-state index in [0.717, 1.165) is 5.56 Å². The van der Waals surface area contributed by atoms with Crippen LogP contribution in [0.2, 0.25) is 0 Å². The van der Waals surface area contributed by atoms with Crippen molar-refractivity contribution in [1.82, 2.24) is 0 Å². The van der Waals surface area contributed by atoms with Crippen LogP contribution >= 0.6 is 0 Å². The fraction of sp³-hybridized carbons (Fsp3) is 0.375. The maximum Gasteiger partial charge on any atom is 0.338 e. The first-order chi connectivity index (χ1) is 14.6. The van der Waals surface area contributed by atoms with Gasteiger partial charge >= 0.3 is 11.9 Å². The van der Waals surface area contributed by atoms with E-state index in [-0.39, 0.29) is 48.0 Å². The van der Waals surface area contributed by atoms with Crippen molar-refractivity contribution in [2.75, 3.05) is 25.1 Å². The van der Waals surface area contributed by atoms with Crippen LogP contribution in [0.5, 0.6) is 5.75 Å². The van der Waals surface area contributed by atoms with Gasteiger partial charge in [0.2, 0.25) is 0 Å². The third kappa shape index (κ3) is 7.13. The summed E-state index contributed by atoms with van der Waals surface area (Å²) in [5.74, 6) is -1.38. The van der Waals surface area contributed by atoms with Crippen LogP contribution in [-0.2, 0) is 19.7 Å². The second-order valence-electron chi connectivity index (χ2n) is 7.85. The minimum atomic E-state index is -0.595. The molecule has 0 aromatic heterocycles. The second kappa shape index (κ2) is 10.6. The number of anilines is 1. The van der Waals surface area contributed by atoms with Gasteiger partial charge in [-0.3, -0.25) is 4.79 Å². The van der Waals surface area contributed by atoms with E-state index in [1.807, 2.05) is 24.3 Å². The maximum absolute atomic E-state index is 12.3. The largest absolute Gasteiger partial charge is 0.484 e. The van der Waals surface area contributed by atoms with E-state index in [2.05, 4.69) is 26.1 Å². The average Bonchev–Trinajstić information content (AvgIpc) is 2.72. The number of rotatable bonds is 8. The monoisotopic (exact) mass is 427 g/mol. The van der Waals surface area contributed by atoms with Crippen LogP contribution in [0, 0.1) is 0 Å². The molecule has 0 saturated carbocycles. The highest BCUT2D eigenvalue weighted by Crippen LogP contribution is 2.23. The van der Waals surface area contributed by atoms with Gasteiger partial charge in [-0.15, -0.1) is 0 Å². The molecule has 1 N–H and O–H groups in total. The van der Waals surface area contributed by atoms with Gasteiger partial charge in [-0.25, -0.2) is 9.59 Å². The van der Waals surface area contributed by atoms with Gasteiger partial charge < -0.3 is 19.5 Å².